The lowest BCUT2D eigenvalue weighted by atomic mass is 10.2. The fraction of sp³-hybridized carbons (Fsp3) is 0.348. The van der Waals surface area contributed by atoms with E-state index in [4.69, 9.17) is 22.3 Å². The largest absolute Gasteiger partial charge is 0.300 e. The van der Waals surface area contributed by atoms with E-state index >= 15 is 0 Å². The van der Waals surface area contributed by atoms with Crippen LogP contribution in [0.2, 0.25) is 0 Å². The van der Waals surface area contributed by atoms with Gasteiger partial charge in [-0.05, 0) is 83.6 Å². The maximum Gasteiger partial charge on any atom is 0.203 e. The summed E-state index contributed by atoms with van der Waals surface area (Å²) in [7, 11) is 6.05. The van der Waals surface area contributed by atoms with Gasteiger partial charge in [0.25, 0.3) is 0 Å². The monoisotopic (exact) mass is 470 g/mol. The van der Waals surface area contributed by atoms with Gasteiger partial charge in [0.05, 0.1) is 29.0 Å². The number of halogens is 1. The summed E-state index contributed by atoms with van der Waals surface area (Å²) in [5.74, 6) is 0.534. The lowest BCUT2D eigenvalue weighted by molar-refractivity contribution is 0.193. The predicted molar refractivity (Wildman–Crippen MR) is 130 cm³/mol. The zero-order valence-corrected chi connectivity index (χ0v) is 20.5. The van der Waals surface area contributed by atoms with Crippen molar-refractivity contribution in [2.45, 2.75) is 32.6 Å². The molecule has 4 rings (SSSR count). The Bertz CT molecular complexity index is 1240. The van der Waals surface area contributed by atoms with Crippen molar-refractivity contribution < 1.29 is 4.39 Å². The van der Waals surface area contributed by atoms with E-state index in [9.17, 15) is 4.39 Å². The van der Waals surface area contributed by atoms with Crippen LogP contribution in [0.1, 0.15) is 36.8 Å². The van der Waals surface area contributed by atoms with Crippen LogP contribution in [0.4, 0.5) is 4.39 Å². The van der Waals surface area contributed by atoms with Crippen LogP contribution in [0.3, 0.4) is 0 Å². The molecule has 0 aliphatic heterocycles. The number of thiazole rings is 1. The Morgan fingerprint density at radius 3 is 2.38 bits per heavy atom. The summed E-state index contributed by atoms with van der Waals surface area (Å²) in [5, 5.41) is 5.93. The highest BCUT2D eigenvalue weighted by molar-refractivity contribution is 7.71. The van der Waals surface area contributed by atoms with Gasteiger partial charge in [-0.1, -0.05) is 12.1 Å². The second-order valence-corrected chi connectivity index (χ2v) is 9.61. The minimum atomic E-state index is -0.278. The van der Waals surface area contributed by atoms with Crippen molar-refractivity contribution in [3.8, 4) is 5.69 Å². The molecule has 32 heavy (non-hydrogen) atoms. The number of hydrogen-bond donors (Lipinski definition) is 0. The molecule has 0 radical (unpaired) electrons. The lowest BCUT2D eigenvalue weighted by Crippen LogP contribution is -2.26. The molecule has 0 aliphatic carbocycles. The van der Waals surface area contributed by atoms with Crippen molar-refractivity contribution in [2.75, 3.05) is 21.1 Å². The van der Waals surface area contributed by atoms with Crippen molar-refractivity contribution in [2.24, 2.45) is 0 Å². The van der Waals surface area contributed by atoms with Crippen LogP contribution in [0, 0.1) is 10.6 Å². The van der Waals surface area contributed by atoms with Gasteiger partial charge < -0.3 is 0 Å². The van der Waals surface area contributed by atoms with E-state index in [-0.39, 0.29) is 17.9 Å². The molecule has 6 nitrogen and oxygen atoms in total. The molecular formula is C23H27FN6S2. The van der Waals surface area contributed by atoms with Crippen LogP contribution < -0.4 is 0 Å². The smallest absolute Gasteiger partial charge is 0.203 e. The standard InChI is InChI=1S/C23H27FN6S2/c1-15(27(3)4)21-26-29(23(31)30(21)18-12-10-17(24)11-13-18)14-28(5)16(2)22-25-19-8-6-7-9-20(19)32-22/h6-13,15-16H,14H2,1-5H3/t15-,16+/m1/s1. The topological polar surface area (TPSA) is 42.1 Å². The summed E-state index contributed by atoms with van der Waals surface area (Å²) in [6.45, 7) is 4.73. The predicted octanol–water partition coefficient (Wildman–Crippen LogP) is 5.43. The zero-order valence-electron chi connectivity index (χ0n) is 18.9. The Kier molecular flexibility index (Phi) is 6.52. The molecule has 4 aromatic rings. The number of benzene rings is 2. The molecule has 0 saturated carbocycles. The third kappa shape index (κ3) is 4.38. The Morgan fingerprint density at radius 2 is 1.72 bits per heavy atom. The van der Waals surface area contributed by atoms with E-state index in [1.165, 1.54) is 16.8 Å². The third-order valence-corrected chi connectivity index (χ3v) is 7.38. The number of aromatic nitrogens is 4. The van der Waals surface area contributed by atoms with Gasteiger partial charge in [0.1, 0.15) is 10.8 Å². The maximum atomic E-state index is 13.5. The minimum Gasteiger partial charge on any atom is -0.300 e. The summed E-state index contributed by atoms with van der Waals surface area (Å²) in [6.07, 6.45) is 0. The van der Waals surface area contributed by atoms with Crippen LogP contribution >= 0.6 is 23.6 Å². The van der Waals surface area contributed by atoms with Gasteiger partial charge in [0.15, 0.2) is 5.82 Å². The van der Waals surface area contributed by atoms with Crippen LogP contribution in [0.15, 0.2) is 48.5 Å². The van der Waals surface area contributed by atoms with Gasteiger partial charge in [-0.25, -0.2) is 14.1 Å². The summed E-state index contributed by atoms with van der Waals surface area (Å²) in [6, 6.07) is 14.7. The van der Waals surface area contributed by atoms with Crippen LogP contribution in [0.25, 0.3) is 15.9 Å². The molecular weight excluding hydrogens is 443 g/mol. The molecule has 2 aromatic heterocycles. The summed E-state index contributed by atoms with van der Waals surface area (Å²) in [4.78, 5) is 9.06. The summed E-state index contributed by atoms with van der Waals surface area (Å²) in [5.41, 5.74) is 1.82. The van der Waals surface area contributed by atoms with Gasteiger partial charge in [0, 0.05) is 5.69 Å². The molecule has 9 heteroatoms. The number of hydrogen-bond acceptors (Lipinski definition) is 6. The van der Waals surface area contributed by atoms with Gasteiger partial charge >= 0.3 is 0 Å². The Balaban J connectivity index is 1.67. The molecule has 0 saturated heterocycles. The quantitative estimate of drug-likeness (QED) is 0.337. The average Bonchev–Trinajstić information content (AvgIpc) is 3.34. The molecule has 0 fully saturated rings. The van der Waals surface area contributed by atoms with E-state index < -0.39 is 0 Å². The van der Waals surface area contributed by atoms with Crippen LogP contribution in [-0.4, -0.2) is 50.3 Å². The molecule has 2 aromatic carbocycles. The zero-order chi connectivity index (χ0) is 23.0. The van der Waals surface area contributed by atoms with Crippen LogP contribution in [0.5, 0.6) is 0 Å². The summed E-state index contributed by atoms with van der Waals surface area (Å²) < 4.78 is 19.0. The second kappa shape index (κ2) is 9.19. The highest BCUT2D eigenvalue weighted by Crippen LogP contribution is 2.29. The molecule has 168 valence electrons. The van der Waals surface area contributed by atoms with E-state index in [2.05, 4.69) is 29.7 Å². The minimum absolute atomic E-state index is 0.0231. The lowest BCUT2D eigenvalue weighted by Gasteiger charge is -2.22. The van der Waals surface area contributed by atoms with Gasteiger partial charge in [-0.3, -0.25) is 14.4 Å². The second-order valence-electron chi connectivity index (χ2n) is 8.19. The number of rotatable bonds is 7. The van der Waals surface area contributed by atoms with Gasteiger partial charge in [-0.2, -0.15) is 5.10 Å². The third-order valence-electron chi connectivity index (χ3n) is 5.78. The SMILES string of the molecule is C[C@H](c1nn(CN(C)[C@@H](C)c2nc3ccccc3s2)c(=S)n1-c1ccc(F)cc1)N(C)C. The number of fused-ring (bicyclic) bond motifs is 1. The van der Waals surface area contributed by atoms with Crippen LogP contribution in [-0.2, 0) is 6.67 Å². The maximum absolute atomic E-state index is 13.5. The summed E-state index contributed by atoms with van der Waals surface area (Å²) >= 11 is 7.53. The van der Waals surface area contributed by atoms with E-state index in [0.717, 1.165) is 22.0 Å². The van der Waals surface area contributed by atoms with Crippen molar-refractivity contribution >= 4 is 33.8 Å². The first-order valence-corrected chi connectivity index (χ1v) is 11.7. The average molecular weight is 471 g/mol. The Morgan fingerprint density at radius 1 is 1.03 bits per heavy atom. The Labute approximate surface area is 196 Å². The highest BCUT2D eigenvalue weighted by Gasteiger charge is 2.22. The first-order chi connectivity index (χ1) is 15.3. The first-order valence-electron chi connectivity index (χ1n) is 10.4. The molecule has 0 spiro atoms. The fourth-order valence-electron chi connectivity index (χ4n) is 3.44. The van der Waals surface area contributed by atoms with Gasteiger partial charge in [-0.15, -0.1) is 11.3 Å². The van der Waals surface area contributed by atoms with E-state index in [0.29, 0.717) is 11.4 Å². The Hall–Kier alpha value is -2.46. The molecule has 0 aliphatic rings. The number of para-hydroxylation sites is 1. The molecule has 0 bridgehead atoms. The van der Waals surface area contributed by atoms with Crippen molar-refractivity contribution in [1.82, 2.24) is 29.1 Å². The van der Waals surface area contributed by atoms with Crippen molar-refractivity contribution in [3.05, 3.63) is 70.0 Å². The molecule has 0 N–H and O–H groups in total. The normalized spacial score (nSPS) is 13.9. The molecule has 0 unspecified atom stereocenters. The fourth-order valence-corrected chi connectivity index (χ4v) is 4.82. The molecule has 2 atom stereocenters. The molecule has 0 amide bonds. The number of nitrogens with zero attached hydrogens (tertiary/aromatic N) is 6. The highest BCUT2D eigenvalue weighted by atomic mass is 32.1. The first kappa shape index (κ1) is 22.7. The van der Waals surface area contributed by atoms with Crippen molar-refractivity contribution in [1.29, 1.82) is 0 Å². The molecule has 2 heterocycles. The van der Waals surface area contributed by atoms with E-state index in [1.54, 1.807) is 23.5 Å². The van der Waals surface area contributed by atoms with Crippen molar-refractivity contribution in [3.63, 3.8) is 0 Å². The van der Waals surface area contributed by atoms with E-state index in [1.807, 2.05) is 48.6 Å². The van der Waals surface area contributed by atoms with Gasteiger partial charge in [0.2, 0.25) is 4.77 Å².